The van der Waals surface area contributed by atoms with Gasteiger partial charge in [0, 0.05) is 12.1 Å². The van der Waals surface area contributed by atoms with Crippen LogP contribution in [0.25, 0.3) is 0 Å². The summed E-state index contributed by atoms with van der Waals surface area (Å²) in [7, 11) is 0. The van der Waals surface area contributed by atoms with Crippen LogP contribution < -0.4 is 10.6 Å². The van der Waals surface area contributed by atoms with Crippen molar-refractivity contribution in [3.05, 3.63) is 35.6 Å². The molecule has 152 valence electrons. The lowest BCUT2D eigenvalue weighted by molar-refractivity contribution is -0.137. The zero-order valence-corrected chi connectivity index (χ0v) is 16.5. The van der Waals surface area contributed by atoms with Crippen LogP contribution in [-0.4, -0.2) is 58.9 Å². The van der Waals surface area contributed by atoms with Crippen molar-refractivity contribution < 1.29 is 18.8 Å². The number of urea groups is 1. The van der Waals surface area contributed by atoms with Crippen LogP contribution in [0.15, 0.2) is 24.3 Å². The SMILES string of the molecule is C[C@@H](C(=O)NC[C@@H](c1ccccc1F)N1CCCC1)N1C(=O)NC(C)(C)C1=O. The van der Waals surface area contributed by atoms with Gasteiger partial charge in [-0.15, -0.1) is 0 Å². The molecule has 2 saturated heterocycles. The predicted octanol–water partition coefficient (Wildman–Crippen LogP) is 1.80. The molecule has 2 heterocycles. The fourth-order valence-electron chi connectivity index (χ4n) is 3.82. The van der Waals surface area contributed by atoms with Crippen molar-refractivity contribution in [3.8, 4) is 0 Å². The molecule has 8 heteroatoms. The van der Waals surface area contributed by atoms with Crippen LogP contribution >= 0.6 is 0 Å². The van der Waals surface area contributed by atoms with E-state index < -0.39 is 29.4 Å². The lowest BCUT2D eigenvalue weighted by Gasteiger charge is -2.29. The third-order valence-corrected chi connectivity index (χ3v) is 5.47. The van der Waals surface area contributed by atoms with Crippen LogP contribution in [0.3, 0.4) is 0 Å². The Hall–Kier alpha value is -2.48. The number of nitrogens with one attached hydrogen (secondary N) is 2. The third kappa shape index (κ3) is 3.87. The fourth-order valence-corrected chi connectivity index (χ4v) is 3.82. The van der Waals surface area contributed by atoms with Gasteiger partial charge in [0.25, 0.3) is 5.91 Å². The number of rotatable bonds is 6. The largest absolute Gasteiger partial charge is 0.352 e. The summed E-state index contributed by atoms with van der Waals surface area (Å²) >= 11 is 0. The van der Waals surface area contributed by atoms with Crippen LogP contribution in [0, 0.1) is 5.82 Å². The van der Waals surface area contributed by atoms with Gasteiger partial charge in [-0.3, -0.25) is 14.5 Å². The molecule has 2 atom stereocenters. The van der Waals surface area contributed by atoms with E-state index in [2.05, 4.69) is 15.5 Å². The number of nitrogens with zero attached hydrogens (tertiary/aromatic N) is 2. The van der Waals surface area contributed by atoms with Gasteiger partial charge in [-0.25, -0.2) is 14.1 Å². The van der Waals surface area contributed by atoms with Gasteiger partial charge in [0.15, 0.2) is 0 Å². The molecule has 0 saturated carbocycles. The second-order valence-corrected chi connectivity index (χ2v) is 7.93. The number of imide groups is 1. The fraction of sp³-hybridized carbons (Fsp3) is 0.550. The van der Waals surface area contributed by atoms with E-state index in [1.165, 1.54) is 13.0 Å². The summed E-state index contributed by atoms with van der Waals surface area (Å²) in [5, 5.41) is 5.38. The van der Waals surface area contributed by atoms with Crippen LogP contribution in [0.4, 0.5) is 9.18 Å². The molecule has 7 nitrogen and oxygen atoms in total. The van der Waals surface area contributed by atoms with Crippen LogP contribution in [-0.2, 0) is 9.59 Å². The first-order valence-corrected chi connectivity index (χ1v) is 9.64. The number of likely N-dealkylation sites (tertiary alicyclic amines) is 1. The Labute approximate surface area is 164 Å². The maximum Gasteiger partial charge on any atom is 0.325 e. The van der Waals surface area contributed by atoms with Crippen molar-refractivity contribution in [1.82, 2.24) is 20.4 Å². The quantitative estimate of drug-likeness (QED) is 0.726. The molecule has 3 rings (SSSR count). The van der Waals surface area contributed by atoms with Gasteiger partial charge in [-0.05, 0) is 52.8 Å². The molecule has 28 heavy (non-hydrogen) atoms. The first kappa shape index (κ1) is 20.3. The molecule has 2 aliphatic rings. The van der Waals surface area contributed by atoms with Gasteiger partial charge < -0.3 is 10.6 Å². The Morgan fingerprint density at radius 3 is 2.46 bits per heavy atom. The monoisotopic (exact) mass is 390 g/mol. The normalized spacial score (nSPS) is 21.5. The number of halogens is 1. The highest BCUT2D eigenvalue weighted by atomic mass is 19.1. The highest BCUT2D eigenvalue weighted by Crippen LogP contribution is 2.27. The molecule has 0 spiro atoms. The van der Waals surface area contributed by atoms with Crippen molar-refractivity contribution in [2.75, 3.05) is 19.6 Å². The van der Waals surface area contributed by atoms with E-state index in [9.17, 15) is 18.8 Å². The molecule has 0 aliphatic carbocycles. The first-order valence-electron chi connectivity index (χ1n) is 9.64. The Morgan fingerprint density at radius 2 is 1.89 bits per heavy atom. The topological polar surface area (TPSA) is 81.8 Å². The molecule has 0 aromatic heterocycles. The summed E-state index contributed by atoms with van der Waals surface area (Å²) in [5.41, 5.74) is -0.495. The maximum atomic E-state index is 14.4. The summed E-state index contributed by atoms with van der Waals surface area (Å²) in [4.78, 5) is 40.3. The minimum atomic E-state index is -1.03. The maximum absolute atomic E-state index is 14.4. The van der Waals surface area contributed by atoms with Crippen molar-refractivity contribution in [2.45, 2.75) is 51.2 Å². The van der Waals surface area contributed by atoms with Crippen LogP contribution in [0.5, 0.6) is 0 Å². The van der Waals surface area contributed by atoms with Crippen molar-refractivity contribution in [3.63, 3.8) is 0 Å². The molecule has 4 amide bonds. The number of benzene rings is 1. The lowest BCUT2D eigenvalue weighted by Crippen LogP contribution is -2.50. The van der Waals surface area contributed by atoms with Crippen molar-refractivity contribution in [2.24, 2.45) is 0 Å². The lowest BCUT2D eigenvalue weighted by atomic mass is 10.0. The zero-order chi connectivity index (χ0) is 20.5. The Morgan fingerprint density at radius 1 is 1.25 bits per heavy atom. The first-order chi connectivity index (χ1) is 13.2. The summed E-state index contributed by atoms with van der Waals surface area (Å²) in [5.74, 6) is -1.19. The molecule has 1 aromatic carbocycles. The number of carbonyl (C=O) groups is 3. The van der Waals surface area contributed by atoms with Gasteiger partial charge >= 0.3 is 6.03 Å². The average Bonchev–Trinajstić information content (AvgIpc) is 3.23. The Balaban J connectivity index is 1.71. The highest BCUT2D eigenvalue weighted by Gasteiger charge is 2.47. The molecule has 0 unspecified atom stereocenters. The zero-order valence-electron chi connectivity index (χ0n) is 16.5. The van der Waals surface area contributed by atoms with E-state index in [0.29, 0.717) is 5.56 Å². The molecular formula is C20H27FN4O3. The highest BCUT2D eigenvalue weighted by molar-refractivity contribution is 6.09. The van der Waals surface area contributed by atoms with Gasteiger partial charge in [-0.2, -0.15) is 0 Å². The molecule has 2 aliphatic heterocycles. The molecule has 2 fully saturated rings. The van der Waals surface area contributed by atoms with E-state index in [0.717, 1.165) is 30.8 Å². The third-order valence-electron chi connectivity index (χ3n) is 5.47. The van der Waals surface area contributed by atoms with Gasteiger partial charge in [-0.1, -0.05) is 18.2 Å². The van der Waals surface area contributed by atoms with Crippen molar-refractivity contribution >= 4 is 17.8 Å². The van der Waals surface area contributed by atoms with Crippen LogP contribution in [0.2, 0.25) is 0 Å². The molecule has 1 aromatic rings. The Kier molecular flexibility index (Phi) is 5.69. The minimum absolute atomic E-state index is 0.206. The predicted molar refractivity (Wildman–Crippen MR) is 102 cm³/mol. The number of hydrogen-bond acceptors (Lipinski definition) is 4. The molecule has 0 bridgehead atoms. The van der Waals surface area contributed by atoms with Gasteiger partial charge in [0.2, 0.25) is 5.91 Å². The second kappa shape index (κ2) is 7.87. The van der Waals surface area contributed by atoms with E-state index in [4.69, 9.17) is 0 Å². The standard InChI is InChI=1S/C20H27FN4O3/c1-13(25-18(27)20(2,3)23-19(25)28)17(26)22-12-16(24-10-6-7-11-24)14-8-4-5-9-15(14)21/h4-5,8-9,13,16H,6-7,10-12H2,1-3H3,(H,22,26)(H,23,28)/t13-,16-/m0/s1. The summed E-state index contributed by atoms with van der Waals surface area (Å²) in [6, 6.07) is 4.74. The average molecular weight is 390 g/mol. The molecule has 2 N–H and O–H groups in total. The smallest absolute Gasteiger partial charge is 0.325 e. The van der Waals surface area contributed by atoms with Gasteiger partial charge in [0.05, 0.1) is 6.04 Å². The number of carbonyl (C=O) groups excluding carboxylic acids is 3. The molecular weight excluding hydrogens is 363 g/mol. The summed E-state index contributed by atoms with van der Waals surface area (Å²) < 4.78 is 14.4. The molecule has 0 radical (unpaired) electrons. The minimum Gasteiger partial charge on any atom is -0.352 e. The van der Waals surface area contributed by atoms with E-state index in [1.54, 1.807) is 32.0 Å². The van der Waals surface area contributed by atoms with E-state index in [1.807, 2.05) is 0 Å². The number of amides is 4. The van der Waals surface area contributed by atoms with E-state index >= 15 is 0 Å². The number of hydrogen-bond donors (Lipinski definition) is 2. The van der Waals surface area contributed by atoms with Crippen molar-refractivity contribution in [1.29, 1.82) is 0 Å². The summed E-state index contributed by atoms with van der Waals surface area (Å²) in [6.45, 7) is 6.59. The Bertz CT molecular complexity index is 776. The second-order valence-electron chi connectivity index (χ2n) is 7.93. The summed E-state index contributed by atoms with van der Waals surface area (Å²) in [6.07, 6.45) is 2.07. The van der Waals surface area contributed by atoms with E-state index in [-0.39, 0.29) is 18.4 Å². The van der Waals surface area contributed by atoms with Crippen LogP contribution in [0.1, 0.15) is 45.2 Å². The van der Waals surface area contributed by atoms with Gasteiger partial charge in [0.1, 0.15) is 17.4 Å².